The van der Waals surface area contributed by atoms with Crippen molar-refractivity contribution in [1.29, 1.82) is 0 Å². The number of halogens is 2. The first-order chi connectivity index (χ1) is 12.3. The molecule has 0 saturated carbocycles. The van der Waals surface area contributed by atoms with Crippen LogP contribution in [0.2, 0.25) is 0 Å². The van der Waals surface area contributed by atoms with Crippen LogP contribution < -0.4 is 5.73 Å². The van der Waals surface area contributed by atoms with E-state index in [1.807, 2.05) is 0 Å². The van der Waals surface area contributed by atoms with Gasteiger partial charge in [-0.25, -0.2) is 8.78 Å². The summed E-state index contributed by atoms with van der Waals surface area (Å²) >= 11 is 0. The quantitative estimate of drug-likeness (QED) is 0.689. The minimum Gasteiger partial charge on any atom is -0.383 e. The Labute approximate surface area is 147 Å². The van der Waals surface area contributed by atoms with Crippen LogP contribution in [0.3, 0.4) is 0 Å². The number of rotatable bonds is 5. The molecule has 0 unspecified atom stereocenters. The third kappa shape index (κ3) is 3.33. The van der Waals surface area contributed by atoms with E-state index in [1.165, 1.54) is 24.3 Å². The number of hydrogen-bond donors (Lipinski definition) is 1. The Bertz CT molecular complexity index is 1080. The van der Waals surface area contributed by atoms with Crippen LogP contribution in [0.5, 0.6) is 0 Å². The van der Waals surface area contributed by atoms with Crippen LogP contribution in [0, 0.1) is 11.6 Å². The summed E-state index contributed by atoms with van der Waals surface area (Å²) in [4.78, 5) is 12.0. The number of Topliss-reactive ketones (excluding diaryl/α,β-unsaturated/α-hetero) is 1. The smallest absolute Gasteiger partial charge is 0.284 e. The minimum atomic E-state index is -4.15. The molecule has 26 heavy (non-hydrogen) atoms. The molecular weight excluding hydrogens is 364 g/mol. The van der Waals surface area contributed by atoms with Crippen LogP contribution in [-0.4, -0.2) is 23.4 Å². The molecule has 0 amide bonds. The van der Waals surface area contributed by atoms with E-state index in [0.29, 0.717) is 4.09 Å². The molecule has 6 nitrogen and oxygen atoms in total. The predicted molar refractivity (Wildman–Crippen MR) is 90.1 cm³/mol. The van der Waals surface area contributed by atoms with Crippen LogP contribution in [0.4, 0.5) is 14.6 Å². The molecule has 2 aromatic carbocycles. The van der Waals surface area contributed by atoms with E-state index in [2.05, 4.69) is 5.10 Å². The Morgan fingerprint density at radius 1 is 1.08 bits per heavy atom. The monoisotopic (exact) mass is 377 g/mol. The Kier molecular flexibility index (Phi) is 4.56. The second-order valence-electron chi connectivity index (χ2n) is 5.44. The molecule has 0 fully saturated rings. The highest BCUT2D eigenvalue weighted by Crippen LogP contribution is 2.19. The molecular formula is C17H13F2N3O3S. The highest BCUT2D eigenvalue weighted by atomic mass is 32.2. The lowest BCUT2D eigenvalue weighted by atomic mass is 10.1. The second-order valence-corrected chi connectivity index (χ2v) is 7.21. The van der Waals surface area contributed by atoms with Gasteiger partial charge < -0.3 is 5.73 Å². The van der Waals surface area contributed by atoms with Gasteiger partial charge in [0, 0.05) is 6.07 Å². The van der Waals surface area contributed by atoms with Gasteiger partial charge in [-0.15, -0.1) is 4.09 Å². The van der Waals surface area contributed by atoms with Gasteiger partial charge in [-0.1, -0.05) is 12.1 Å². The summed E-state index contributed by atoms with van der Waals surface area (Å²) in [5, 5.41) is 3.84. The maximum Gasteiger partial charge on any atom is 0.284 e. The van der Waals surface area contributed by atoms with E-state index >= 15 is 0 Å². The van der Waals surface area contributed by atoms with Crippen molar-refractivity contribution in [2.45, 2.75) is 11.3 Å². The number of anilines is 1. The average Bonchev–Trinajstić information content (AvgIpc) is 2.96. The Morgan fingerprint density at radius 2 is 1.73 bits per heavy atom. The topological polar surface area (TPSA) is 95.1 Å². The van der Waals surface area contributed by atoms with E-state index in [9.17, 15) is 22.0 Å². The third-order valence-electron chi connectivity index (χ3n) is 3.61. The number of ketones is 1. The zero-order valence-corrected chi connectivity index (χ0v) is 14.1. The fourth-order valence-electron chi connectivity index (χ4n) is 2.36. The highest BCUT2D eigenvalue weighted by molar-refractivity contribution is 7.90. The zero-order valence-electron chi connectivity index (χ0n) is 13.3. The first-order valence-corrected chi connectivity index (χ1v) is 8.86. The molecule has 1 heterocycles. The zero-order chi connectivity index (χ0) is 18.9. The molecule has 0 aliphatic rings. The van der Waals surface area contributed by atoms with Crippen molar-refractivity contribution >= 4 is 21.6 Å². The maximum atomic E-state index is 13.7. The molecule has 3 rings (SSSR count). The highest BCUT2D eigenvalue weighted by Gasteiger charge is 2.23. The van der Waals surface area contributed by atoms with Crippen molar-refractivity contribution in [3.05, 3.63) is 77.5 Å². The number of benzene rings is 2. The Hall–Kier alpha value is -3.07. The molecule has 0 aliphatic heterocycles. The maximum absolute atomic E-state index is 13.7. The summed E-state index contributed by atoms with van der Waals surface area (Å²) in [6, 6.07) is 10.8. The molecule has 2 N–H and O–H groups in total. The Morgan fingerprint density at radius 3 is 2.38 bits per heavy atom. The summed E-state index contributed by atoms with van der Waals surface area (Å²) in [6.07, 6.45) is -0.322. The van der Waals surface area contributed by atoms with Gasteiger partial charge in [0.1, 0.15) is 17.5 Å². The van der Waals surface area contributed by atoms with Crippen molar-refractivity contribution in [2.75, 3.05) is 5.73 Å². The standard InChI is InChI=1S/C17H13F2N3O3S/c18-11-5-7-13(8-6-11)26(24,25)22-17(20)10-12(21-22)9-16(23)14-3-1-2-4-15(14)19/h1-8,10H,9,20H2. The van der Waals surface area contributed by atoms with Crippen molar-refractivity contribution in [2.24, 2.45) is 0 Å². The van der Waals surface area contributed by atoms with Crippen molar-refractivity contribution in [3.8, 4) is 0 Å². The molecule has 0 atom stereocenters. The number of aromatic nitrogens is 2. The molecule has 3 aromatic rings. The van der Waals surface area contributed by atoms with Gasteiger partial charge >= 0.3 is 0 Å². The summed E-state index contributed by atoms with van der Waals surface area (Å²) in [6.45, 7) is 0. The van der Waals surface area contributed by atoms with E-state index in [0.717, 1.165) is 30.3 Å². The molecule has 0 aliphatic carbocycles. The predicted octanol–water partition coefficient (Wildman–Crippen LogP) is 2.41. The van der Waals surface area contributed by atoms with Gasteiger partial charge in [0.25, 0.3) is 10.0 Å². The molecule has 0 saturated heterocycles. The molecule has 0 spiro atoms. The van der Waals surface area contributed by atoms with Crippen molar-refractivity contribution in [3.63, 3.8) is 0 Å². The summed E-state index contributed by atoms with van der Waals surface area (Å²) in [5.74, 6) is -2.05. The fraction of sp³-hybridized carbons (Fsp3) is 0.0588. The first kappa shape index (κ1) is 17.7. The van der Waals surface area contributed by atoms with Crippen molar-refractivity contribution in [1.82, 2.24) is 9.19 Å². The molecule has 134 valence electrons. The molecule has 0 bridgehead atoms. The largest absolute Gasteiger partial charge is 0.383 e. The van der Waals surface area contributed by atoms with Gasteiger partial charge in [0.2, 0.25) is 0 Å². The molecule has 1 aromatic heterocycles. The number of carbonyl (C=O) groups excluding carboxylic acids is 1. The van der Waals surface area contributed by atoms with Crippen molar-refractivity contribution < 1.29 is 22.0 Å². The summed E-state index contributed by atoms with van der Waals surface area (Å²) in [7, 11) is -4.15. The van der Waals surface area contributed by atoms with Crippen LogP contribution in [0.1, 0.15) is 16.1 Å². The Balaban J connectivity index is 1.91. The lowest BCUT2D eigenvalue weighted by molar-refractivity contribution is 0.0988. The fourth-order valence-corrected chi connectivity index (χ4v) is 3.58. The number of nitrogens with zero attached hydrogens (tertiary/aromatic N) is 2. The number of carbonyl (C=O) groups is 1. The van der Waals surface area contributed by atoms with Crippen LogP contribution >= 0.6 is 0 Å². The SMILES string of the molecule is Nc1cc(CC(=O)c2ccccc2F)nn1S(=O)(=O)c1ccc(F)cc1. The number of hydrogen-bond acceptors (Lipinski definition) is 5. The third-order valence-corrected chi connectivity index (χ3v) is 5.23. The van der Waals surface area contributed by atoms with E-state index in [-0.39, 0.29) is 28.4 Å². The van der Waals surface area contributed by atoms with Gasteiger partial charge in [-0.3, -0.25) is 4.79 Å². The van der Waals surface area contributed by atoms with Gasteiger partial charge in [-0.2, -0.15) is 13.5 Å². The minimum absolute atomic E-state index is 0.0708. The summed E-state index contributed by atoms with van der Waals surface area (Å²) < 4.78 is 52.3. The number of nitrogen functional groups attached to an aromatic ring is 1. The van der Waals surface area contributed by atoms with Crippen LogP contribution in [-0.2, 0) is 16.4 Å². The molecule has 0 radical (unpaired) electrons. The number of nitrogens with two attached hydrogens (primary N) is 1. The second kappa shape index (κ2) is 6.68. The van der Waals surface area contributed by atoms with E-state index in [4.69, 9.17) is 5.73 Å². The molecule has 9 heteroatoms. The van der Waals surface area contributed by atoms with Crippen LogP contribution in [0.15, 0.2) is 59.5 Å². The van der Waals surface area contributed by atoms with E-state index < -0.39 is 27.4 Å². The van der Waals surface area contributed by atoms with Gasteiger partial charge in [0.15, 0.2) is 5.78 Å². The van der Waals surface area contributed by atoms with Gasteiger partial charge in [0.05, 0.1) is 22.6 Å². The summed E-state index contributed by atoms with van der Waals surface area (Å²) in [5.41, 5.74) is 5.65. The van der Waals surface area contributed by atoms with E-state index in [1.54, 1.807) is 0 Å². The lowest BCUT2D eigenvalue weighted by Crippen LogP contribution is -2.17. The average molecular weight is 377 g/mol. The first-order valence-electron chi connectivity index (χ1n) is 7.42. The van der Waals surface area contributed by atoms with Gasteiger partial charge in [-0.05, 0) is 36.4 Å². The normalized spacial score (nSPS) is 11.5. The van der Waals surface area contributed by atoms with Crippen LogP contribution in [0.25, 0.3) is 0 Å². The lowest BCUT2D eigenvalue weighted by Gasteiger charge is -2.06.